The lowest BCUT2D eigenvalue weighted by Gasteiger charge is -2.33. The number of ketones is 1. The molecule has 0 aromatic carbocycles. The van der Waals surface area contributed by atoms with Gasteiger partial charge in [0.25, 0.3) is 0 Å². The Morgan fingerprint density at radius 2 is 2.00 bits per heavy atom. The second kappa shape index (κ2) is 6.18. The molecule has 6 nitrogen and oxygen atoms in total. The van der Waals surface area contributed by atoms with Crippen molar-refractivity contribution in [1.82, 2.24) is 4.90 Å². The maximum Gasteiger partial charge on any atom is 0.410 e. The van der Waals surface area contributed by atoms with Crippen molar-refractivity contribution in [3.05, 3.63) is 0 Å². The van der Waals surface area contributed by atoms with Gasteiger partial charge in [0, 0.05) is 32.2 Å². The van der Waals surface area contributed by atoms with Crippen molar-refractivity contribution in [3.8, 4) is 0 Å². The van der Waals surface area contributed by atoms with Crippen LogP contribution in [0.5, 0.6) is 0 Å². The number of carbonyl (C=O) groups is 3. The molecule has 1 amide bonds. The molecule has 2 rings (SSSR count). The van der Waals surface area contributed by atoms with E-state index in [4.69, 9.17) is 44.3 Å². The first kappa shape index (κ1) is 16.6. The van der Waals surface area contributed by atoms with Gasteiger partial charge >= 0.3 is 12.1 Å². The number of hydrogen-bond acceptors (Lipinski definition) is 5. The number of piperidine rings is 1. The first-order valence-electron chi connectivity index (χ1n) is 6.38. The molecule has 21 heavy (non-hydrogen) atoms. The molecule has 0 aliphatic carbocycles. The molecule has 0 N–H and O–H groups in total. The number of Topliss-reactive ketones (excluding diaryl/α,β-unsaturated/α-hetero) is 1. The minimum atomic E-state index is -1.70. The van der Waals surface area contributed by atoms with E-state index in [9.17, 15) is 14.4 Å². The minimum Gasteiger partial charge on any atom is -0.460 e. The van der Waals surface area contributed by atoms with Gasteiger partial charge in [-0.25, -0.2) is 4.79 Å². The molecule has 118 valence electrons. The van der Waals surface area contributed by atoms with Crippen LogP contribution in [0, 0.1) is 0 Å². The van der Waals surface area contributed by atoms with Crippen LogP contribution in [0.2, 0.25) is 0 Å². The van der Waals surface area contributed by atoms with Crippen LogP contribution in [0.1, 0.15) is 26.2 Å². The summed E-state index contributed by atoms with van der Waals surface area (Å²) >= 11 is 16.6. The SMILES string of the molecule is CC(=O)O[C@H]1C[C@@H]2CC(=O)C[C@@H]1N2C(=O)OCC(Cl)(Cl)Cl. The molecular weight excluding hydrogens is 344 g/mol. The molecular formula is C12H14Cl3NO5. The fourth-order valence-corrected chi connectivity index (χ4v) is 2.99. The third-order valence-electron chi connectivity index (χ3n) is 3.47. The van der Waals surface area contributed by atoms with Crippen LogP contribution in [0.3, 0.4) is 0 Å². The van der Waals surface area contributed by atoms with Crippen LogP contribution in [-0.2, 0) is 19.1 Å². The van der Waals surface area contributed by atoms with E-state index in [1.165, 1.54) is 11.8 Å². The first-order valence-corrected chi connectivity index (χ1v) is 7.51. The van der Waals surface area contributed by atoms with Crippen LogP contribution >= 0.6 is 34.8 Å². The molecule has 0 aromatic heterocycles. The lowest BCUT2D eigenvalue weighted by molar-refractivity contribution is -0.148. The summed E-state index contributed by atoms with van der Waals surface area (Å²) in [7, 11) is 0. The monoisotopic (exact) mass is 357 g/mol. The average Bonchev–Trinajstić information content (AvgIpc) is 2.54. The smallest absolute Gasteiger partial charge is 0.410 e. The summed E-state index contributed by atoms with van der Waals surface area (Å²) in [4.78, 5) is 36.3. The third-order valence-corrected chi connectivity index (χ3v) is 3.80. The van der Waals surface area contributed by atoms with Crippen molar-refractivity contribution in [2.24, 2.45) is 0 Å². The van der Waals surface area contributed by atoms with Gasteiger partial charge in [-0.1, -0.05) is 34.8 Å². The van der Waals surface area contributed by atoms with Crippen LogP contribution in [0.15, 0.2) is 0 Å². The molecule has 0 spiro atoms. The maximum absolute atomic E-state index is 12.1. The summed E-state index contributed by atoms with van der Waals surface area (Å²) in [5.41, 5.74) is 0. The lowest BCUT2D eigenvalue weighted by atomic mass is 10.0. The fraction of sp³-hybridized carbons (Fsp3) is 0.750. The zero-order chi connectivity index (χ0) is 15.8. The van der Waals surface area contributed by atoms with Crippen molar-refractivity contribution in [2.75, 3.05) is 6.61 Å². The van der Waals surface area contributed by atoms with Crippen LogP contribution in [0.25, 0.3) is 0 Å². The summed E-state index contributed by atoms with van der Waals surface area (Å²) in [5, 5.41) is 0. The van der Waals surface area contributed by atoms with E-state index in [1.807, 2.05) is 0 Å². The van der Waals surface area contributed by atoms with E-state index in [0.717, 1.165) is 0 Å². The molecule has 2 bridgehead atoms. The molecule has 0 unspecified atom stereocenters. The van der Waals surface area contributed by atoms with Gasteiger partial charge < -0.3 is 9.47 Å². The summed E-state index contributed by atoms with van der Waals surface area (Å²) in [6.07, 6.45) is -0.398. The van der Waals surface area contributed by atoms with Gasteiger partial charge in [0.2, 0.25) is 3.79 Å². The van der Waals surface area contributed by atoms with Crippen molar-refractivity contribution in [3.63, 3.8) is 0 Å². The van der Waals surface area contributed by atoms with Crippen LogP contribution in [-0.4, -0.2) is 51.3 Å². The molecule has 2 aliphatic heterocycles. The van der Waals surface area contributed by atoms with Crippen molar-refractivity contribution < 1.29 is 23.9 Å². The lowest BCUT2D eigenvalue weighted by Crippen LogP contribution is -2.49. The number of halogens is 3. The van der Waals surface area contributed by atoms with Gasteiger partial charge in [0.1, 0.15) is 18.5 Å². The Hall–Kier alpha value is -0.720. The number of hydrogen-bond donors (Lipinski definition) is 0. The molecule has 2 aliphatic rings. The summed E-state index contributed by atoms with van der Waals surface area (Å²) in [5.74, 6) is -0.417. The van der Waals surface area contributed by atoms with Gasteiger partial charge in [-0.2, -0.15) is 0 Å². The summed E-state index contributed by atoms with van der Waals surface area (Å²) in [6, 6.07) is -0.855. The van der Waals surface area contributed by atoms with Crippen LogP contribution < -0.4 is 0 Å². The van der Waals surface area contributed by atoms with E-state index in [0.29, 0.717) is 6.42 Å². The van der Waals surface area contributed by atoms with Gasteiger partial charge in [0.05, 0.1) is 6.04 Å². The Kier molecular flexibility index (Phi) is 4.90. The highest BCUT2D eigenvalue weighted by atomic mass is 35.6. The molecule has 3 atom stereocenters. The minimum absolute atomic E-state index is 0.0325. The van der Waals surface area contributed by atoms with Gasteiger partial charge in [0.15, 0.2) is 0 Å². The Labute approximate surface area is 136 Å². The maximum atomic E-state index is 12.1. The highest BCUT2D eigenvalue weighted by Gasteiger charge is 2.51. The first-order chi connectivity index (χ1) is 9.67. The van der Waals surface area contributed by atoms with E-state index >= 15 is 0 Å². The third kappa shape index (κ3) is 4.14. The topological polar surface area (TPSA) is 72.9 Å². The number of rotatable bonds is 2. The fourth-order valence-electron chi connectivity index (χ4n) is 2.82. The van der Waals surface area contributed by atoms with Crippen molar-refractivity contribution >= 4 is 52.6 Å². The molecule has 2 heterocycles. The highest BCUT2D eigenvalue weighted by molar-refractivity contribution is 6.67. The summed E-state index contributed by atoms with van der Waals surface area (Å²) < 4.78 is 8.44. The highest BCUT2D eigenvalue weighted by Crippen LogP contribution is 2.37. The number of fused-ring (bicyclic) bond motifs is 2. The predicted molar refractivity (Wildman–Crippen MR) is 75.5 cm³/mol. The number of esters is 1. The number of alkyl halides is 3. The van der Waals surface area contributed by atoms with E-state index < -0.39 is 34.6 Å². The Bertz CT molecular complexity index is 464. The molecule has 0 saturated carbocycles. The molecule has 0 radical (unpaired) electrons. The van der Waals surface area contributed by atoms with Gasteiger partial charge in [-0.05, 0) is 0 Å². The number of amides is 1. The largest absolute Gasteiger partial charge is 0.460 e. The standard InChI is InChI=1S/C12H14Cl3NO5/c1-6(17)21-10-3-7-2-8(18)4-9(10)16(7)11(19)20-5-12(13,14)15/h7,9-10H,2-5H2,1H3/t7-,9-,10-/m0/s1. The van der Waals surface area contributed by atoms with E-state index in [1.54, 1.807) is 0 Å². The average molecular weight is 359 g/mol. The molecule has 0 aromatic rings. The second-order valence-electron chi connectivity index (χ2n) is 5.13. The van der Waals surface area contributed by atoms with Crippen molar-refractivity contribution in [1.29, 1.82) is 0 Å². The van der Waals surface area contributed by atoms with Crippen LogP contribution in [0.4, 0.5) is 4.79 Å². The van der Waals surface area contributed by atoms with Gasteiger partial charge in [-0.15, -0.1) is 0 Å². The molecule has 2 saturated heterocycles. The Morgan fingerprint density at radius 1 is 1.33 bits per heavy atom. The molecule has 9 heteroatoms. The summed E-state index contributed by atoms with van der Waals surface area (Å²) in [6.45, 7) is 0.897. The number of ether oxygens (including phenoxy) is 2. The molecule has 2 fully saturated rings. The predicted octanol–water partition coefficient (Wildman–Crippen LogP) is 2.23. The zero-order valence-electron chi connectivity index (χ0n) is 11.2. The second-order valence-corrected chi connectivity index (χ2v) is 7.64. The zero-order valence-corrected chi connectivity index (χ0v) is 13.5. The van der Waals surface area contributed by atoms with Crippen molar-refractivity contribution in [2.45, 2.75) is 48.2 Å². The van der Waals surface area contributed by atoms with Gasteiger partial charge in [-0.3, -0.25) is 14.5 Å². The Morgan fingerprint density at radius 3 is 2.57 bits per heavy atom. The van der Waals surface area contributed by atoms with E-state index in [2.05, 4.69) is 0 Å². The normalized spacial score (nSPS) is 28.5. The van der Waals surface area contributed by atoms with E-state index in [-0.39, 0.29) is 24.7 Å². The number of nitrogens with zero attached hydrogens (tertiary/aromatic N) is 1. The Balaban J connectivity index is 2.07. The number of carbonyl (C=O) groups excluding carboxylic acids is 3. The quantitative estimate of drug-likeness (QED) is 0.559.